The average molecular weight is 463 g/mol. The van der Waals surface area contributed by atoms with Crippen LogP contribution < -0.4 is 14.8 Å². The molecule has 0 saturated heterocycles. The molecule has 0 aliphatic rings. The van der Waals surface area contributed by atoms with Crippen molar-refractivity contribution in [2.75, 3.05) is 16.6 Å². The number of hydrogen-bond acceptors (Lipinski definition) is 4. The molecule has 0 fully saturated rings. The first-order chi connectivity index (χ1) is 14.7. The second-order valence-corrected chi connectivity index (χ2v) is 8.68. The van der Waals surface area contributed by atoms with Crippen molar-refractivity contribution < 1.29 is 22.3 Å². The van der Waals surface area contributed by atoms with Gasteiger partial charge in [-0.2, -0.15) is 0 Å². The number of nitrogens with one attached hydrogen (secondary N) is 2. The largest absolute Gasteiger partial charge is 0.492 e. The van der Waals surface area contributed by atoms with Gasteiger partial charge in [-0.15, -0.1) is 0 Å². The zero-order chi connectivity index (χ0) is 22.6. The molecule has 3 rings (SSSR count). The van der Waals surface area contributed by atoms with Crippen LogP contribution in [0.4, 0.5) is 15.8 Å². The fraction of sp³-hybridized carbons (Fsp3) is 0.136. The highest BCUT2D eigenvalue weighted by Gasteiger charge is 2.20. The highest BCUT2D eigenvalue weighted by atomic mass is 35.5. The van der Waals surface area contributed by atoms with E-state index in [1.165, 1.54) is 42.5 Å². The van der Waals surface area contributed by atoms with Crippen molar-refractivity contribution in [2.45, 2.75) is 18.7 Å². The number of carbonyl (C=O) groups excluding carboxylic acids is 1. The standard InChI is InChI=1S/C22H20ClFN2O4S/c1-3-30-21-11-10-16(31(28,29)26-15-9-8-14(2)18(23)12-15)13-20(21)25-22(27)17-6-4-5-7-19(17)24/h4-13,26H,3H2,1-2H3,(H,25,27). The summed E-state index contributed by atoms with van der Waals surface area (Å²) in [7, 11) is -4.00. The van der Waals surface area contributed by atoms with Crippen LogP contribution in [0.2, 0.25) is 5.02 Å². The SMILES string of the molecule is CCOc1ccc(S(=O)(=O)Nc2ccc(C)c(Cl)c2)cc1NC(=O)c1ccccc1F. The summed E-state index contributed by atoms with van der Waals surface area (Å²) in [5.74, 6) is -1.17. The van der Waals surface area contributed by atoms with E-state index in [2.05, 4.69) is 10.0 Å². The number of halogens is 2. The van der Waals surface area contributed by atoms with Crippen molar-refractivity contribution in [1.82, 2.24) is 0 Å². The van der Waals surface area contributed by atoms with Gasteiger partial charge in [-0.05, 0) is 61.9 Å². The van der Waals surface area contributed by atoms with Gasteiger partial charge < -0.3 is 10.1 Å². The van der Waals surface area contributed by atoms with Gasteiger partial charge in [-0.3, -0.25) is 9.52 Å². The maximum atomic E-state index is 14.0. The third-order valence-electron chi connectivity index (χ3n) is 4.35. The maximum Gasteiger partial charge on any atom is 0.261 e. The van der Waals surface area contributed by atoms with Crippen molar-refractivity contribution in [3.05, 3.63) is 82.6 Å². The molecule has 1 amide bonds. The Morgan fingerprint density at radius 1 is 1.10 bits per heavy atom. The molecule has 31 heavy (non-hydrogen) atoms. The summed E-state index contributed by atoms with van der Waals surface area (Å²) in [6.07, 6.45) is 0. The number of aryl methyl sites for hydroxylation is 1. The number of rotatable bonds is 7. The van der Waals surface area contributed by atoms with Gasteiger partial charge in [0.1, 0.15) is 11.6 Å². The number of anilines is 2. The number of sulfonamides is 1. The van der Waals surface area contributed by atoms with Crippen LogP contribution in [0.5, 0.6) is 5.75 Å². The minimum atomic E-state index is -4.00. The first-order valence-electron chi connectivity index (χ1n) is 9.33. The molecule has 0 heterocycles. The molecule has 162 valence electrons. The van der Waals surface area contributed by atoms with Gasteiger partial charge >= 0.3 is 0 Å². The number of benzene rings is 3. The van der Waals surface area contributed by atoms with Crippen LogP contribution in [-0.2, 0) is 10.0 Å². The van der Waals surface area contributed by atoms with Crippen molar-refractivity contribution in [1.29, 1.82) is 0 Å². The van der Waals surface area contributed by atoms with E-state index in [9.17, 15) is 17.6 Å². The Hall–Kier alpha value is -3.10. The fourth-order valence-electron chi connectivity index (χ4n) is 2.76. The van der Waals surface area contributed by atoms with Gasteiger partial charge in [-0.25, -0.2) is 12.8 Å². The molecule has 2 N–H and O–H groups in total. The van der Waals surface area contributed by atoms with E-state index in [0.717, 1.165) is 11.6 Å². The highest BCUT2D eigenvalue weighted by molar-refractivity contribution is 7.92. The molecule has 0 spiro atoms. The van der Waals surface area contributed by atoms with Crippen LogP contribution in [0.25, 0.3) is 0 Å². The van der Waals surface area contributed by atoms with E-state index < -0.39 is 21.7 Å². The van der Waals surface area contributed by atoms with Crippen molar-refractivity contribution in [3.8, 4) is 5.75 Å². The minimum absolute atomic E-state index is 0.0971. The van der Waals surface area contributed by atoms with Gasteiger partial charge in [0.05, 0.1) is 28.4 Å². The summed E-state index contributed by atoms with van der Waals surface area (Å²) in [4.78, 5) is 12.4. The van der Waals surface area contributed by atoms with E-state index in [4.69, 9.17) is 16.3 Å². The van der Waals surface area contributed by atoms with Crippen LogP contribution in [0.3, 0.4) is 0 Å². The maximum absolute atomic E-state index is 14.0. The van der Waals surface area contributed by atoms with Crippen molar-refractivity contribution in [2.24, 2.45) is 0 Å². The zero-order valence-electron chi connectivity index (χ0n) is 16.8. The quantitative estimate of drug-likeness (QED) is 0.503. The average Bonchev–Trinajstić information content (AvgIpc) is 2.72. The lowest BCUT2D eigenvalue weighted by molar-refractivity contribution is 0.102. The predicted octanol–water partition coefficient (Wildman–Crippen LogP) is 5.24. The number of ether oxygens (including phenoxy) is 1. The molecule has 3 aromatic rings. The third kappa shape index (κ3) is 5.34. The lowest BCUT2D eigenvalue weighted by Crippen LogP contribution is -2.17. The summed E-state index contributed by atoms with van der Waals surface area (Å²) < 4.78 is 47.6. The van der Waals surface area contributed by atoms with Gasteiger partial charge in [0.15, 0.2) is 0 Å². The highest BCUT2D eigenvalue weighted by Crippen LogP contribution is 2.30. The molecule has 3 aromatic carbocycles. The number of hydrogen-bond donors (Lipinski definition) is 2. The van der Waals surface area contributed by atoms with E-state index in [0.29, 0.717) is 10.7 Å². The van der Waals surface area contributed by atoms with E-state index in [1.54, 1.807) is 26.0 Å². The third-order valence-corrected chi connectivity index (χ3v) is 6.14. The van der Waals surface area contributed by atoms with Gasteiger partial charge in [0.2, 0.25) is 0 Å². The lowest BCUT2D eigenvalue weighted by Gasteiger charge is -2.15. The summed E-state index contributed by atoms with van der Waals surface area (Å²) in [5, 5.41) is 2.95. The monoisotopic (exact) mass is 462 g/mol. The van der Waals surface area contributed by atoms with Gasteiger partial charge in [-0.1, -0.05) is 29.8 Å². The van der Waals surface area contributed by atoms with Crippen LogP contribution in [0.15, 0.2) is 65.6 Å². The topological polar surface area (TPSA) is 84.5 Å². The summed E-state index contributed by atoms with van der Waals surface area (Å²) in [6.45, 7) is 3.84. The Balaban J connectivity index is 1.94. The Kier molecular flexibility index (Phi) is 6.82. The Bertz CT molecular complexity index is 1230. The summed E-state index contributed by atoms with van der Waals surface area (Å²) in [6, 6.07) is 14.3. The van der Waals surface area contributed by atoms with Crippen molar-refractivity contribution >= 4 is 38.9 Å². The molecule has 0 aromatic heterocycles. The first-order valence-corrected chi connectivity index (χ1v) is 11.2. The minimum Gasteiger partial charge on any atom is -0.492 e. The normalized spacial score (nSPS) is 11.1. The molecule has 0 aliphatic carbocycles. The van der Waals surface area contributed by atoms with Crippen LogP contribution in [0.1, 0.15) is 22.8 Å². The molecule has 0 atom stereocenters. The van der Waals surface area contributed by atoms with Crippen LogP contribution in [0, 0.1) is 12.7 Å². The van der Waals surface area contributed by atoms with Crippen LogP contribution in [-0.4, -0.2) is 20.9 Å². The van der Waals surface area contributed by atoms with Gasteiger partial charge in [0.25, 0.3) is 15.9 Å². The number of carbonyl (C=O) groups is 1. The molecule has 0 bridgehead atoms. The molecule has 0 saturated carbocycles. The second kappa shape index (κ2) is 9.36. The Morgan fingerprint density at radius 3 is 2.52 bits per heavy atom. The first kappa shape index (κ1) is 22.6. The Morgan fingerprint density at radius 2 is 1.84 bits per heavy atom. The van der Waals surface area contributed by atoms with Gasteiger partial charge in [0, 0.05) is 5.02 Å². The summed E-state index contributed by atoms with van der Waals surface area (Å²) >= 11 is 6.07. The van der Waals surface area contributed by atoms with E-state index in [1.807, 2.05) is 0 Å². The fourth-order valence-corrected chi connectivity index (χ4v) is 4.02. The van der Waals surface area contributed by atoms with E-state index in [-0.39, 0.29) is 28.5 Å². The summed E-state index contributed by atoms with van der Waals surface area (Å²) in [5.41, 5.74) is 1.02. The molecule has 0 radical (unpaired) electrons. The molecule has 9 heteroatoms. The number of amides is 1. The van der Waals surface area contributed by atoms with Crippen molar-refractivity contribution in [3.63, 3.8) is 0 Å². The molecule has 6 nitrogen and oxygen atoms in total. The lowest BCUT2D eigenvalue weighted by atomic mass is 10.2. The molecular weight excluding hydrogens is 443 g/mol. The smallest absolute Gasteiger partial charge is 0.261 e. The Labute approximate surface area is 185 Å². The van der Waals surface area contributed by atoms with Crippen LogP contribution >= 0.6 is 11.6 Å². The predicted molar refractivity (Wildman–Crippen MR) is 119 cm³/mol. The molecule has 0 unspecified atom stereocenters. The zero-order valence-corrected chi connectivity index (χ0v) is 18.4. The van der Waals surface area contributed by atoms with E-state index >= 15 is 0 Å². The second-order valence-electron chi connectivity index (χ2n) is 6.59. The molecule has 0 aliphatic heterocycles. The molecular formula is C22H20ClFN2O4S.